The number of hydrogen-bond acceptors (Lipinski definition) is 5. The number of nitrogens with zero attached hydrogens (tertiary/aromatic N) is 1. The molecule has 96 valence electrons. The van der Waals surface area contributed by atoms with Crippen LogP contribution in [-0.2, 0) is 22.6 Å². The van der Waals surface area contributed by atoms with E-state index < -0.39 is 0 Å². The molecule has 2 unspecified atom stereocenters. The lowest BCUT2D eigenvalue weighted by Crippen LogP contribution is -2.27. The minimum Gasteiger partial charge on any atom is -0.468 e. The van der Waals surface area contributed by atoms with E-state index in [4.69, 9.17) is 19.6 Å². The fourth-order valence-corrected chi connectivity index (χ4v) is 2.33. The average Bonchev–Trinajstić information content (AvgIpc) is 2.95. The summed E-state index contributed by atoms with van der Waals surface area (Å²) in [5.41, 5.74) is 6.77. The smallest absolute Gasteiger partial charge is 0.121 e. The van der Waals surface area contributed by atoms with E-state index in [1.165, 1.54) is 0 Å². The molecular weight excluding hydrogens is 220 g/mol. The summed E-state index contributed by atoms with van der Waals surface area (Å²) in [7, 11) is 3.45. The maximum absolute atomic E-state index is 5.61. The third-order valence-electron chi connectivity index (χ3n) is 3.31. The van der Waals surface area contributed by atoms with Crippen molar-refractivity contribution in [2.24, 2.45) is 5.73 Å². The number of methoxy groups -OCH3 is 2. The van der Waals surface area contributed by atoms with E-state index in [9.17, 15) is 0 Å². The van der Waals surface area contributed by atoms with Gasteiger partial charge in [0.1, 0.15) is 5.76 Å². The number of likely N-dealkylation sites (tertiary alicyclic amines) is 1. The number of ether oxygens (including phenoxy) is 2. The Kier molecular flexibility index (Phi) is 4.17. The summed E-state index contributed by atoms with van der Waals surface area (Å²) < 4.78 is 16.1. The maximum Gasteiger partial charge on any atom is 0.121 e. The zero-order chi connectivity index (χ0) is 12.3. The summed E-state index contributed by atoms with van der Waals surface area (Å²) >= 11 is 0. The maximum atomic E-state index is 5.61. The first-order valence-electron chi connectivity index (χ1n) is 5.81. The summed E-state index contributed by atoms with van der Waals surface area (Å²) in [6.07, 6.45) is 1.98. The van der Waals surface area contributed by atoms with E-state index in [1.54, 1.807) is 20.5 Å². The molecule has 2 atom stereocenters. The summed E-state index contributed by atoms with van der Waals surface area (Å²) in [4.78, 5) is 2.30. The first-order valence-corrected chi connectivity index (χ1v) is 5.81. The molecule has 0 amide bonds. The van der Waals surface area contributed by atoms with Crippen molar-refractivity contribution in [1.82, 2.24) is 4.90 Å². The van der Waals surface area contributed by atoms with Crippen LogP contribution in [0.15, 0.2) is 16.7 Å². The molecule has 1 saturated heterocycles. The van der Waals surface area contributed by atoms with Crippen molar-refractivity contribution < 1.29 is 13.9 Å². The first-order chi connectivity index (χ1) is 8.28. The summed E-state index contributed by atoms with van der Waals surface area (Å²) in [6, 6.07) is 1.98. The Morgan fingerprint density at radius 2 is 2.00 bits per heavy atom. The van der Waals surface area contributed by atoms with Crippen LogP contribution in [0.2, 0.25) is 0 Å². The largest absolute Gasteiger partial charge is 0.468 e. The molecule has 2 heterocycles. The Morgan fingerprint density at radius 3 is 2.53 bits per heavy atom. The van der Waals surface area contributed by atoms with Gasteiger partial charge in [0.15, 0.2) is 0 Å². The topological polar surface area (TPSA) is 60.9 Å². The highest BCUT2D eigenvalue weighted by Crippen LogP contribution is 2.20. The first kappa shape index (κ1) is 12.6. The molecular formula is C12H20N2O3. The normalized spacial score (nSPS) is 25.6. The number of nitrogens with two attached hydrogens (primary N) is 1. The highest BCUT2D eigenvalue weighted by Gasteiger charge is 2.33. The molecule has 5 heteroatoms. The zero-order valence-corrected chi connectivity index (χ0v) is 10.4. The lowest BCUT2D eigenvalue weighted by Gasteiger charge is -2.14. The van der Waals surface area contributed by atoms with Gasteiger partial charge in [-0.2, -0.15) is 0 Å². The molecule has 0 radical (unpaired) electrons. The van der Waals surface area contributed by atoms with Gasteiger partial charge in [0.2, 0.25) is 0 Å². The molecule has 0 spiro atoms. The second-order valence-electron chi connectivity index (χ2n) is 4.32. The van der Waals surface area contributed by atoms with Gasteiger partial charge in [0.25, 0.3) is 0 Å². The summed E-state index contributed by atoms with van der Waals surface area (Å²) in [5.74, 6) is 0.861. The highest BCUT2D eigenvalue weighted by atomic mass is 16.5. The van der Waals surface area contributed by atoms with Crippen LogP contribution in [-0.4, -0.2) is 44.4 Å². The van der Waals surface area contributed by atoms with Crippen LogP contribution in [0.3, 0.4) is 0 Å². The van der Waals surface area contributed by atoms with Gasteiger partial charge < -0.3 is 19.6 Å². The van der Waals surface area contributed by atoms with E-state index in [0.717, 1.165) is 31.0 Å². The minimum atomic E-state index is 0.147. The molecule has 5 nitrogen and oxygen atoms in total. The Hall–Kier alpha value is -0.880. The van der Waals surface area contributed by atoms with Crippen molar-refractivity contribution in [1.29, 1.82) is 0 Å². The average molecular weight is 240 g/mol. The van der Waals surface area contributed by atoms with Crippen LogP contribution in [0.4, 0.5) is 0 Å². The summed E-state index contributed by atoms with van der Waals surface area (Å²) in [6.45, 7) is 3.04. The Labute approximate surface area is 101 Å². The predicted molar refractivity (Wildman–Crippen MR) is 63.5 cm³/mol. The fourth-order valence-electron chi connectivity index (χ4n) is 2.33. The van der Waals surface area contributed by atoms with Gasteiger partial charge in [-0.05, 0) is 6.07 Å². The third-order valence-corrected chi connectivity index (χ3v) is 3.31. The molecule has 1 aromatic rings. The monoisotopic (exact) mass is 240 g/mol. The fraction of sp³-hybridized carbons (Fsp3) is 0.667. The summed E-state index contributed by atoms with van der Waals surface area (Å²) in [5, 5.41) is 0. The van der Waals surface area contributed by atoms with Gasteiger partial charge in [-0.25, -0.2) is 0 Å². The van der Waals surface area contributed by atoms with Crippen LogP contribution in [0.5, 0.6) is 0 Å². The number of furan rings is 1. The number of rotatable bonds is 5. The zero-order valence-electron chi connectivity index (χ0n) is 10.4. The Morgan fingerprint density at radius 1 is 1.35 bits per heavy atom. The van der Waals surface area contributed by atoms with Gasteiger partial charge in [0.05, 0.1) is 25.0 Å². The Balaban J connectivity index is 1.97. The SMILES string of the molecule is COC1CN(Cc2ccoc2CN)CC1OC. The second kappa shape index (κ2) is 5.64. The van der Waals surface area contributed by atoms with E-state index >= 15 is 0 Å². The molecule has 1 fully saturated rings. The third kappa shape index (κ3) is 2.69. The standard InChI is InChI=1S/C12H20N2O3/c1-15-11-7-14(8-12(11)16-2)6-9-3-4-17-10(9)5-13/h3-4,11-12H,5-8,13H2,1-2H3. The molecule has 0 aromatic carbocycles. The van der Waals surface area contributed by atoms with Crippen LogP contribution in [0, 0.1) is 0 Å². The van der Waals surface area contributed by atoms with Gasteiger partial charge in [-0.3, -0.25) is 4.90 Å². The Bertz CT molecular complexity index is 341. The molecule has 1 aliphatic rings. The van der Waals surface area contributed by atoms with Gasteiger partial charge >= 0.3 is 0 Å². The number of hydrogen-bond donors (Lipinski definition) is 1. The van der Waals surface area contributed by atoms with Gasteiger partial charge in [-0.15, -0.1) is 0 Å². The molecule has 1 aromatic heterocycles. The molecule has 0 saturated carbocycles. The quantitative estimate of drug-likeness (QED) is 0.816. The van der Waals surface area contributed by atoms with Crippen molar-refractivity contribution in [3.05, 3.63) is 23.7 Å². The van der Waals surface area contributed by atoms with Crippen LogP contribution < -0.4 is 5.73 Å². The van der Waals surface area contributed by atoms with Crippen molar-refractivity contribution >= 4 is 0 Å². The van der Waals surface area contributed by atoms with E-state index in [-0.39, 0.29) is 12.2 Å². The van der Waals surface area contributed by atoms with Gasteiger partial charge in [0, 0.05) is 39.4 Å². The molecule has 1 aliphatic heterocycles. The van der Waals surface area contributed by atoms with Crippen LogP contribution in [0.1, 0.15) is 11.3 Å². The van der Waals surface area contributed by atoms with Gasteiger partial charge in [-0.1, -0.05) is 0 Å². The highest BCUT2D eigenvalue weighted by molar-refractivity contribution is 5.17. The van der Waals surface area contributed by atoms with Crippen molar-refractivity contribution in [2.45, 2.75) is 25.3 Å². The molecule has 2 rings (SSSR count). The van der Waals surface area contributed by atoms with E-state index in [2.05, 4.69) is 4.90 Å². The van der Waals surface area contributed by atoms with Crippen molar-refractivity contribution in [3.8, 4) is 0 Å². The molecule has 2 N–H and O–H groups in total. The second-order valence-corrected chi connectivity index (χ2v) is 4.32. The van der Waals surface area contributed by atoms with Crippen molar-refractivity contribution in [2.75, 3.05) is 27.3 Å². The van der Waals surface area contributed by atoms with E-state index in [0.29, 0.717) is 6.54 Å². The lowest BCUT2D eigenvalue weighted by molar-refractivity contribution is -0.00461. The van der Waals surface area contributed by atoms with Crippen molar-refractivity contribution in [3.63, 3.8) is 0 Å². The predicted octanol–water partition coefficient (Wildman–Crippen LogP) is 0.584. The van der Waals surface area contributed by atoms with Crippen LogP contribution >= 0.6 is 0 Å². The molecule has 0 bridgehead atoms. The minimum absolute atomic E-state index is 0.147. The lowest BCUT2D eigenvalue weighted by atomic mass is 10.2. The van der Waals surface area contributed by atoms with E-state index in [1.807, 2.05) is 6.07 Å². The van der Waals surface area contributed by atoms with Crippen LogP contribution in [0.25, 0.3) is 0 Å². The molecule has 17 heavy (non-hydrogen) atoms. The molecule has 0 aliphatic carbocycles.